The number of hydrogen-bond acceptors (Lipinski definition) is 3. The number of rotatable bonds is 4. The summed E-state index contributed by atoms with van der Waals surface area (Å²) < 4.78 is 0. The average Bonchev–Trinajstić information content (AvgIpc) is 2.61. The highest BCUT2D eigenvalue weighted by Crippen LogP contribution is 2.27. The monoisotopic (exact) mass is 328 g/mol. The first-order valence-corrected chi connectivity index (χ1v) is 8.73. The Morgan fingerprint density at radius 1 is 1.42 bits per heavy atom. The van der Waals surface area contributed by atoms with Gasteiger partial charge in [-0.05, 0) is 57.2 Å². The first-order chi connectivity index (χ1) is 11.5. The normalized spacial score (nSPS) is 19.5. The number of nitrogens with zero attached hydrogens (tertiary/aromatic N) is 2. The smallest absolute Gasteiger partial charge is 0.258 e. The van der Waals surface area contributed by atoms with Crippen molar-refractivity contribution in [3.63, 3.8) is 0 Å². The Morgan fingerprint density at radius 3 is 2.83 bits per heavy atom. The van der Waals surface area contributed by atoms with E-state index in [2.05, 4.69) is 24.9 Å². The number of piperidine rings is 1. The molecule has 24 heavy (non-hydrogen) atoms. The number of phenols is 1. The topological polar surface area (TPSA) is 52.9 Å². The Morgan fingerprint density at radius 2 is 2.17 bits per heavy atom. The van der Waals surface area contributed by atoms with Crippen LogP contribution in [0.2, 0.25) is 0 Å². The third-order valence-corrected chi connectivity index (χ3v) is 4.78. The van der Waals surface area contributed by atoms with Crippen LogP contribution in [-0.2, 0) is 0 Å². The molecule has 1 aliphatic rings. The van der Waals surface area contributed by atoms with Crippen LogP contribution in [-0.4, -0.2) is 41.3 Å². The summed E-state index contributed by atoms with van der Waals surface area (Å²) in [6, 6.07) is 5.31. The lowest BCUT2D eigenvalue weighted by molar-refractivity contribution is 0.0678. The molecule has 1 aromatic carbocycles. The predicted octanol–water partition coefficient (Wildman–Crippen LogP) is 4.12. The fourth-order valence-electron chi connectivity index (χ4n) is 3.13. The number of amides is 1. The maximum Gasteiger partial charge on any atom is 0.258 e. The third kappa shape index (κ3) is 3.86. The van der Waals surface area contributed by atoms with Gasteiger partial charge in [0, 0.05) is 13.6 Å². The zero-order valence-corrected chi connectivity index (χ0v) is 15.2. The molecular weight excluding hydrogens is 300 g/mol. The SMILES string of the molecule is CC/C(C)=C/C(=NC)[C@@H]1CCCCN1C(=O)c1cccc(C)c1O. The third-order valence-electron chi connectivity index (χ3n) is 4.78. The minimum Gasteiger partial charge on any atom is -0.507 e. The van der Waals surface area contributed by atoms with Gasteiger partial charge in [-0.15, -0.1) is 0 Å². The molecule has 1 atom stereocenters. The van der Waals surface area contributed by atoms with Crippen LogP contribution < -0.4 is 0 Å². The van der Waals surface area contributed by atoms with Crippen LogP contribution in [0.4, 0.5) is 0 Å². The van der Waals surface area contributed by atoms with Gasteiger partial charge in [0.1, 0.15) is 5.75 Å². The summed E-state index contributed by atoms with van der Waals surface area (Å²) in [5.74, 6) is -0.0216. The number of hydrogen-bond donors (Lipinski definition) is 1. The maximum atomic E-state index is 13.0. The number of carbonyl (C=O) groups excluding carboxylic acids is 1. The molecular formula is C20H28N2O2. The minimum atomic E-state index is -0.107. The van der Waals surface area contributed by atoms with Crippen molar-refractivity contribution in [2.75, 3.05) is 13.6 Å². The zero-order chi connectivity index (χ0) is 17.7. The van der Waals surface area contributed by atoms with Gasteiger partial charge in [0.2, 0.25) is 0 Å². The van der Waals surface area contributed by atoms with E-state index >= 15 is 0 Å². The van der Waals surface area contributed by atoms with E-state index in [9.17, 15) is 9.90 Å². The number of benzene rings is 1. The Balaban J connectivity index is 2.35. The Labute approximate surface area is 144 Å². The van der Waals surface area contributed by atoms with Gasteiger partial charge in [0.05, 0.1) is 17.3 Å². The van der Waals surface area contributed by atoms with Crippen molar-refractivity contribution in [2.45, 2.75) is 52.5 Å². The number of carbonyl (C=O) groups is 1. The largest absolute Gasteiger partial charge is 0.507 e. The molecule has 1 fully saturated rings. The van der Waals surface area contributed by atoms with Gasteiger partial charge in [0.15, 0.2) is 0 Å². The summed E-state index contributed by atoms with van der Waals surface area (Å²) in [6.07, 6.45) is 6.07. The molecule has 1 heterocycles. The summed E-state index contributed by atoms with van der Waals surface area (Å²) in [4.78, 5) is 19.4. The van der Waals surface area contributed by atoms with Crippen LogP contribution in [0.15, 0.2) is 34.8 Å². The minimum absolute atomic E-state index is 0.0161. The van der Waals surface area contributed by atoms with Crippen molar-refractivity contribution >= 4 is 11.6 Å². The Kier molecular flexibility index (Phi) is 6.18. The number of likely N-dealkylation sites (tertiary alicyclic amines) is 1. The van der Waals surface area contributed by atoms with Crippen molar-refractivity contribution in [2.24, 2.45) is 4.99 Å². The van der Waals surface area contributed by atoms with Crippen LogP contribution in [0.3, 0.4) is 0 Å². The number of phenolic OH excluding ortho intramolecular Hbond substituents is 1. The molecule has 1 N–H and O–H groups in total. The summed E-state index contributed by atoms with van der Waals surface area (Å²) in [5, 5.41) is 10.3. The molecule has 0 aromatic heterocycles. The summed E-state index contributed by atoms with van der Waals surface area (Å²) in [7, 11) is 1.79. The summed E-state index contributed by atoms with van der Waals surface area (Å²) >= 11 is 0. The van der Waals surface area contributed by atoms with Crippen molar-refractivity contribution in [3.05, 3.63) is 41.0 Å². The molecule has 4 nitrogen and oxygen atoms in total. The van der Waals surface area contributed by atoms with E-state index in [1.54, 1.807) is 13.1 Å². The maximum absolute atomic E-state index is 13.0. The second kappa shape index (κ2) is 8.13. The second-order valence-corrected chi connectivity index (χ2v) is 6.47. The van der Waals surface area contributed by atoms with Gasteiger partial charge in [-0.1, -0.05) is 24.6 Å². The van der Waals surface area contributed by atoms with Gasteiger partial charge in [-0.25, -0.2) is 0 Å². The molecule has 0 bridgehead atoms. The molecule has 0 radical (unpaired) electrons. The van der Waals surface area contributed by atoms with Crippen molar-refractivity contribution in [1.82, 2.24) is 4.90 Å². The lowest BCUT2D eigenvalue weighted by atomic mass is 9.95. The first kappa shape index (κ1) is 18.2. The van der Waals surface area contributed by atoms with Gasteiger partial charge < -0.3 is 10.0 Å². The highest BCUT2D eigenvalue weighted by atomic mass is 16.3. The quantitative estimate of drug-likeness (QED) is 0.845. The second-order valence-electron chi connectivity index (χ2n) is 6.47. The molecule has 130 valence electrons. The van der Waals surface area contributed by atoms with Gasteiger partial charge in [-0.3, -0.25) is 9.79 Å². The standard InChI is InChI=1S/C20H28N2O2/c1-5-14(2)13-17(21-4)18-11-6-7-12-22(18)20(24)16-10-8-9-15(3)19(16)23/h8-10,13,18,23H,5-7,11-12H2,1-4H3/b14-13+,21-17?/t18-/m0/s1. The van der Waals surface area contributed by atoms with E-state index in [4.69, 9.17) is 0 Å². The zero-order valence-electron chi connectivity index (χ0n) is 15.2. The molecule has 1 saturated heterocycles. The average molecular weight is 328 g/mol. The number of allylic oxidation sites excluding steroid dienone is 1. The molecule has 1 amide bonds. The predicted molar refractivity (Wildman–Crippen MR) is 98.9 cm³/mol. The van der Waals surface area contributed by atoms with E-state index < -0.39 is 0 Å². The number of aryl methyl sites for hydroxylation is 1. The van der Waals surface area contributed by atoms with E-state index in [0.717, 1.165) is 37.0 Å². The highest BCUT2D eigenvalue weighted by molar-refractivity contribution is 6.05. The van der Waals surface area contributed by atoms with E-state index in [1.807, 2.05) is 24.0 Å². The van der Waals surface area contributed by atoms with Crippen molar-refractivity contribution in [1.29, 1.82) is 0 Å². The summed E-state index contributed by atoms with van der Waals surface area (Å²) in [6.45, 7) is 6.72. The molecule has 0 saturated carbocycles. The molecule has 0 aliphatic carbocycles. The summed E-state index contributed by atoms with van der Waals surface area (Å²) in [5.41, 5.74) is 3.32. The first-order valence-electron chi connectivity index (χ1n) is 8.73. The van der Waals surface area contributed by atoms with Crippen molar-refractivity contribution < 1.29 is 9.90 Å². The van der Waals surface area contributed by atoms with E-state index in [1.165, 1.54) is 5.57 Å². The lowest BCUT2D eigenvalue weighted by Crippen LogP contribution is -2.47. The molecule has 2 rings (SSSR count). The highest BCUT2D eigenvalue weighted by Gasteiger charge is 2.31. The molecule has 4 heteroatoms. The van der Waals surface area contributed by atoms with E-state index in [-0.39, 0.29) is 17.7 Å². The van der Waals surface area contributed by atoms with Crippen LogP contribution in [0, 0.1) is 6.92 Å². The van der Waals surface area contributed by atoms with Gasteiger partial charge >= 0.3 is 0 Å². The van der Waals surface area contributed by atoms with Crippen LogP contribution in [0.25, 0.3) is 0 Å². The number of para-hydroxylation sites is 1. The van der Waals surface area contributed by atoms with Crippen LogP contribution >= 0.6 is 0 Å². The Bertz CT molecular complexity index is 662. The molecule has 0 unspecified atom stereocenters. The number of aliphatic imine (C=N–C) groups is 1. The van der Waals surface area contributed by atoms with Crippen LogP contribution in [0.1, 0.15) is 55.5 Å². The van der Waals surface area contributed by atoms with Gasteiger partial charge in [-0.2, -0.15) is 0 Å². The van der Waals surface area contributed by atoms with Gasteiger partial charge in [0.25, 0.3) is 5.91 Å². The molecule has 1 aliphatic heterocycles. The number of aromatic hydroxyl groups is 1. The molecule has 1 aromatic rings. The fraction of sp³-hybridized carbons (Fsp3) is 0.500. The van der Waals surface area contributed by atoms with Crippen LogP contribution in [0.5, 0.6) is 5.75 Å². The Hall–Kier alpha value is -2.10. The van der Waals surface area contributed by atoms with Crippen molar-refractivity contribution in [3.8, 4) is 5.75 Å². The van der Waals surface area contributed by atoms with E-state index in [0.29, 0.717) is 12.1 Å². The fourth-order valence-corrected chi connectivity index (χ4v) is 3.13. The lowest BCUT2D eigenvalue weighted by Gasteiger charge is -2.36. The molecule has 0 spiro atoms.